The number of aryl methyl sites for hydroxylation is 1. The van der Waals surface area contributed by atoms with Gasteiger partial charge in [-0.2, -0.15) is 0 Å². The van der Waals surface area contributed by atoms with Crippen molar-refractivity contribution in [3.05, 3.63) is 65.9 Å². The Morgan fingerprint density at radius 1 is 1.07 bits per heavy atom. The fourth-order valence-corrected chi connectivity index (χ4v) is 8.97. The number of aromatic nitrogens is 1. The Balaban J connectivity index is 1.24. The number of piperidine rings is 1. The van der Waals surface area contributed by atoms with Gasteiger partial charge in [0.2, 0.25) is 0 Å². The van der Waals surface area contributed by atoms with Crippen LogP contribution in [-0.4, -0.2) is 59.0 Å². The van der Waals surface area contributed by atoms with Crippen molar-refractivity contribution >= 4 is 24.5 Å². The van der Waals surface area contributed by atoms with Gasteiger partial charge in [-0.3, -0.25) is 0 Å². The van der Waals surface area contributed by atoms with E-state index >= 15 is 0 Å². The molecule has 8 heteroatoms. The van der Waals surface area contributed by atoms with E-state index in [0.29, 0.717) is 25.4 Å². The Bertz CT molecular complexity index is 1180. The van der Waals surface area contributed by atoms with Crippen molar-refractivity contribution in [2.75, 3.05) is 32.0 Å². The van der Waals surface area contributed by atoms with Gasteiger partial charge in [-0.25, -0.2) is 0 Å². The van der Waals surface area contributed by atoms with Gasteiger partial charge in [-0.05, 0) is 31.8 Å². The number of hydrogen-bond donors (Lipinski definition) is 5. The number of carboxylic acids is 1. The second-order valence-corrected chi connectivity index (χ2v) is 14.8. The summed E-state index contributed by atoms with van der Waals surface area (Å²) in [6.45, 7) is 5.05. The molecule has 0 bridgehead atoms. The van der Waals surface area contributed by atoms with Crippen molar-refractivity contribution in [2.45, 2.75) is 70.8 Å². The van der Waals surface area contributed by atoms with E-state index < -0.39 is 19.7 Å². The molecule has 1 atom stereocenters. The third-order valence-corrected chi connectivity index (χ3v) is 11.6. The van der Waals surface area contributed by atoms with Crippen LogP contribution >= 0.6 is 7.64 Å². The molecule has 2 aromatic carbocycles. The summed E-state index contributed by atoms with van der Waals surface area (Å²) in [4.78, 5) is 27.1. The molecular formula is C32H48N3O4P. The first-order chi connectivity index (χ1) is 19.5. The summed E-state index contributed by atoms with van der Waals surface area (Å²) in [5.41, 5.74) is 3.28. The molecule has 0 saturated carbocycles. The number of ether oxygens (including phenoxy) is 1. The van der Waals surface area contributed by atoms with E-state index in [-0.39, 0.29) is 0 Å². The number of aliphatic carboxylic acids is 1. The van der Waals surface area contributed by atoms with Crippen molar-refractivity contribution in [1.29, 1.82) is 0 Å². The maximum atomic E-state index is 12.2. The van der Waals surface area contributed by atoms with Crippen molar-refractivity contribution < 1.29 is 19.5 Å². The number of H-pyrrole nitrogens is 1. The minimum absolute atomic E-state index is 0.327. The number of carbonyl (C=O) groups is 1. The number of fused-ring (bicyclic) bond motifs is 1. The van der Waals surface area contributed by atoms with E-state index in [9.17, 15) is 14.8 Å². The minimum atomic E-state index is -2.95. The second-order valence-electron chi connectivity index (χ2n) is 11.4. The molecule has 0 radical (unpaired) electrons. The molecule has 1 fully saturated rings. The van der Waals surface area contributed by atoms with Gasteiger partial charge in [-0.15, -0.1) is 0 Å². The van der Waals surface area contributed by atoms with Crippen LogP contribution in [0.1, 0.15) is 63.0 Å². The molecule has 2 heterocycles. The zero-order valence-electron chi connectivity index (χ0n) is 24.0. The first-order valence-electron chi connectivity index (χ1n) is 15.2. The summed E-state index contributed by atoms with van der Waals surface area (Å²) >= 11 is 0. The average molecular weight is 570 g/mol. The SMILES string of the molecule is CCC[PH](O)(CCCc1c[nH]c2ccccc12)N[C@@H](Cc1ccc(OCCCCC2CCNCC2)cc1)C(=O)O. The van der Waals surface area contributed by atoms with Crippen molar-refractivity contribution in [1.82, 2.24) is 15.4 Å². The number of unbranched alkanes of at least 4 members (excludes halogenated alkanes) is 1. The van der Waals surface area contributed by atoms with Crippen LogP contribution in [0.2, 0.25) is 0 Å². The Hall–Kier alpha value is -2.44. The van der Waals surface area contributed by atoms with Gasteiger partial charge in [0.15, 0.2) is 0 Å². The molecule has 3 aromatic rings. The van der Waals surface area contributed by atoms with Crippen LogP contribution in [0.3, 0.4) is 0 Å². The summed E-state index contributed by atoms with van der Waals surface area (Å²) in [6, 6.07) is 15.2. The fourth-order valence-electron chi connectivity index (χ4n) is 5.97. The molecule has 5 N–H and O–H groups in total. The van der Waals surface area contributed by atoms with Crippen molar-refractivity contribution in [2.24, 2.45) is 5.92 Å². The van der Waals surface area contributed by atoms with Gasteiger partial charge < -0.3 is 5.32 Å². The first-order valence-corrected chi connectivity index (χ1v) is 17.5. The van der Waals surface area contributed by atoms with Crippen LogP contribution in [0.5, 0.6) is 5.75 Å². The Labute approximate surface area is 239 Å². The number of hydrogen-bond acceptors (Lipinski definition) is 5. The Kier molecular flexibility index (Phi) is 11.8. The Morgan fingerprint density at radius 2 is 1.85 bits per heavy atom. The number of para-hydroxylation sites is 1. The zero-order chi connectivity index (χ0) is 28.2. The summed E-state index contributed by atoms with van der Waals surface area (Å²) in [5, 5.41) is 17.9. The Morgan fingerprint density at radius 3 is 2.60 bits per heavy atom. The van der Waals surface area contributed by atoms with Crippen LogP contribution in [-0.2, 0) is 17.6 Å². The van der Waals surface area contributed by atoms with E-state index in [1.165, 1.54) is 36.6 Å². The van der Waals surface area contributed by atoms with Gasteiger partial charge in [0.1, 0.15) is 0 Å². The van der Waals surface area contributed by atoms with Crippen LogP contribution in [0, 0.1) is 5.92 Å². The summed E-state index contributed by atoms with van der Waals surface area (Å²) in [5.74, 6) is 0.751. The van der Waals surface area contributed by atoms with Crippen molar-refractivity contribution in [3.63, 3.8) is 0 Å². The van der Waals surface area contributed by atoms with Crippen LogP contribution in [0.25, 0.3) is 10.9 Å². The number of benzene rings is 2. The molecule has 1 aliphatic rings. The zero-order valence-corrected chi connectivity index (χ0v) is 25.0. The van der Waals surface area contributed by atoms with Crippen LogP contribution in [0.4, 0.5) is 0 Å². The molecule has 1 aliphatic heterocycles. The topological polar surface area (TPSA) is 107 Å². The first kappa shape index (κ1) is 30.5. The van der Waals surface area contributed by atoms with Crippen LogP contribution < -0.4 is 15.1 Å². The van der Waals surface area contributed by atoms with Gasteiger partial charge in [0, 0.05) is 0 Å². The van der Waals surface area contributed by atoms with Gasteiger partial charge >= 0.3 is 203 Å². The number of aromatic amines is 1. The molecule has 0 aliphatic carbocycles. The molecule has 0 spiro atoms. The predicted molar refractivity (Wildman–Crippen MR) is 167 cm³/mol. The number of carboxylic acid groups (broad SMARTS) is 1. The average Bonchev–Trinajstić information content (AvgIpc) is 3.37. The van der Waals surface area contributed by atoms with Gasteiger partial charge in [0.25, 0.3) is 0 Å². The molecule has 0 unspecified atom stereocenters. The summed E-state index contributed by atoms with van der Waals surface area (Å²) in [6.07, 6.45) is 12.2. The molecule has 1 aromatic heterocycles. The molecule has 1 saturated heterocycles. The van der Waals surface area contributed by atoms with E-state index in [4.69, 9.17) is 4.74 Å². The van der Waals surface area contributed by atoms with Gasteiger partial charge in [0.05, 0.1) is 0 Å². The van der Waals surface area contributed by atoms with E-state index in [0.717, 1.165) is 61.5 Å². The second kappa shape index (κ2) is 15.5. The normalized spacial score (nSPS) is 15.8. The predicted octanol–water partition coefficient (Wildman–Crippen LogP) is 5.92. The molecule has 0 amide bonds. The monoisotopic (exact) mass is 569 g/mol. The quantitative estimate of drug-likeness (QED) is 0.102. The molecule has 220 valence electrons. The third-order valence-electron chi connectivity index (χ3n) is 8.21. The van der Waals surface area contributed by atoms with Gasteiger partial charge in [-0.1, -0.05) is 0 Å². The van der Waals surface area contributed by atoms with Crippen LogP contribution in [0.15, 0.2) is 54.7 Å². The number of rotatable bonds is 17. The van der Waals surface area contributed by atoms with Crippen molar-refractivity contribution in [3.8, 4) is 5.75 Å². The van der Waals surface area contributed by atoms with E-state index in [1.54, 1.807) is 0 Å². The third kappa shape index (κ3) is 9.31. The molecule has 4 rings (SSSR count). The van der Waals surface area contributed by atoms with E-state index in [1.807, 2.05) is 49.5 Å². The van der Waals surface area contributed by atoms with E-state index in [2.05, 4.69) is 27.5 Å². The maximum absolute atomic E-state index is 12.2. The molecule has 7 nitrogen and oxygen atoms in total. The summed E-state index contributed by atoms with van der Waals surface area (Å²) in [7, 11) is -2.95. The number of nitrogens with one attached hydrogen (secondary N) is 3. The molecular weight excluding hydrogens is 521 g/mol. The summed E-state index contributed by atoms with van der Waals surface area (Å²) < 4.78 is 5.94. The standard InChI is InChI=1S/C32H48N3O4P/c1-2-21-40(38,22-7-9-27-24-34-30-11-4-3-10-29(27)30)35-31(32(36)37)23-26-12-14-28(15-13-26)39-20-6-5-8-25-16-18-33-19-17-25/h3-4,10-15,24-25,31,33-35,38,40H,2,5-9,16-23H2,1H3,(H,36,37)/t31-/m0/s1. The fraction of sp³-hybridized carbons (Fsp3) is 0.531. The molecule has 40 heavy (non-hydrogen) atoms.